The Bertz CT molecular complexity index is 667. The largest absolute Gasteiger partial charge is 0.463 e. The molecule has 5 atom stereocenters. The highest BCUT2D eigenvalue weighted by Crippen LogP contribution is 2.31. The normalized spacial score (nSPS) is 26.3. The fraction of sp³-hybridized carbons (Fsp3) is 0.647. The maximum Gasteiger partial charge on any atom is 0.303 e. The van der Waals surface area contributed by atoms with Gasteiger partial charge in [-0.3, -0.25) is 19.2 Å². The van der Waals surface area contributed by atoms with Gasteiger partial charge in [0.2, 0.25) is 0 Å². The van der Waals surface area contributed by atoms with Gasteiger partial charge in [0.05, 0.1) is 6.61 Å². The molecule has 0 aromatic heterocycles. The van der Waals surface area contributed by atoms with Gasteiger partial charge in [0.25, 0.3) is 9.70 Å². The monoisotopic (exact) mass is 489 g/mol. The molecule has 1 saturated heterocycles. The molecule has 1 fully saturated rings. The number of carbonyl (C=O) groups excluding carboxylic acids is 4. The van der Waals surface area contributed by atoms with Gasteiger partial charge in [-0.25, -0.2) is 0 Å². The molecular formula is C17H22Cl3NO9. The molecule has 1 amide bonds. The highest BCUT2D eigenvalue weighted by molar-refractivity contribution is 6.76. The second kappa shape index (κ2) is 11.7. The summed E-state index contributed by atoms with van der Waals surface area (Å²) < 4.78 is 24.4. The summed E-state index contributed by atoms with van der Waals surface area (Å²) in [6, 6.07) is -1.25. The summed E-state index contributed by atoms with van der Waals surface area (Å²) in [7, 11) is 0. The van der Waals surface area contributed by atoms with Crippen LogP contribution in [0.3, 0.4) is 0 Å². The minimum Gasteiger partial charge on any atom is -0.463 e. The first-order chi connectivity index (χ1) is 13.9. The zero-order chi connectivity index (χ0) is 23.1. The fourth-order valence-electron chi connectivity index (χ4n) is 2.59. The molecule has 0 aromatic carbocycles. The summed E-state index contributed by atoms with van der Waals surface area (Å²) >= 11 is 16.8. The first-order valence-corrected chi connectivity index (χ1v) is 9.73. The number of carbonyl (C=O) groups is 4. The molecule has 0 radical (unpaired) electrons. The lowest BCUT2D eigenvalue weighted by Gasteiger charge is -2.45. The molecule has 0 spiro atoms. The fourth-order valence-corrected chi connectivity index (χ4v) is 2.76. The van der Waals surface area contributed by atoms with E-state index < -0.39 is 58.3 Å². The topological polar surface area (TPSA) is 126 Å². The Morgan fingerprint density at radius 1 is 1.03 bits per heavy atom. The minimum atomic E-state index is -2.35. The van der Waals surface area contributed by atoms with E-state index in [0.29, 0.717) is 0 Å². The molecule has 0 aliphatic carbocycles. The van der Waals surface area contributed by atoms with E-state index in [4.69, 9.17) is 58.5 Å². The van der Waals surface area contributed by atoms with Gasteiger partial charge in [-0.15, -0.1) is 6.58 Å². The molecule has 1 rings (SSSR count). The van der Waals surface area contributed by atoms with E-state index >= 15 is 0 Å². The number of hydrogen-bond donors (Lipinski definition) is 1. The van der Waals surface area contributed by atoms with Gasteiger partial charge in [-0.1, -0.05) is 40.9 Å². The Labute approximate surface area is 188 Å². The van der Waals surface area contributed by atoms with Crippen molar-refractivity contribution in [2.24, 2.45) is 0 Å². The molecular weight excluding hydrogens is 469 g/mol. The quantitative estimate of drug-likeness (QED) is 0.231. The van der Waals surface area contributed by atoms with Crippen LogP contribution in [0.25, 0.3) is 0 Å². The van der Waals surface area contributed by atoms with Crippen LogP contribution in [0, 0.1) is 0 Å². The third kappa shape index (κ3) is 8.27. The average Bonchev–Trinajstić information content (AvgIpc) is 2.60. The standard InChI is InChI=1S/C17H22Cl3NO9/c1-5-6-26-15-12(21-16(25)17(18,19)20)14(29-10(4)24)13(28-9(3)23)11(30-15)7-27-8(2)22/h5,11-15H,1,6-7H2,2-4H3,(H,21,25)/t11-,12+,13-,14-,15+/m1/s1. The van der Waals surface area contributed by atoms with Gasteiger partial charge >= 0.3 is 17.9 Å². The average molecular weight is 491 g/mol. The SMILES string of the molecule is C=CCO[C@H]1O[C@H](COC(C)=O)[C@@H](OC(C)=O)[C@H](OC(C)=O)[C@@H]1NC(=O)C(Cl)(Cl)Cl. The van der Waals surface area contributed by atoms with Crippen LogP contribution in [-0.4, -0.2) is 71.5 Å². The van der Waals surface area contributed by atoms with Crippen molar-refractivity contribution in [2.75, 3.05) is 13.2 Å². The van der Waals surface area contributed by atoms with Crippen molar-refractivity contribution in [2.45, 2.75) is 55.2 Å². The summed E-state index contributed by atoms with van der Waals surface area (Å²) in [4.78, 5) is 46.9. The van der Waals surface area contributed by atoms with Crippen molar-refractivity contribution >= 4 is 58.6 Å². The van der Waals surface area contributed by atoms with E-state index in [1.165, 1.54) is 13.0 Å². The summed E-state index contributed by atoms with van der Waals surface area (Å²) in [6.07, 6.45) is -3.58. The van der Waals surface area contributed by atoms with E-state index in [2.05, 4.69) is 11.9 Å². The van der Waals surface area contributed by atoms with Crippen LogP contribution in [0.15, 0.2) is 12.7 Å². The third-order valence-electron chi connectivity index (χ3n) is 3.63. The number of halogens is 3. The van der Waals surface area contributed by atoms with Gasteiger partial charge in [0.1, 0.15) is 18.8 Å². The van der Waals surface area contributed by atoms with Crippen LogP contribution < -0.4 is 5.32 Å². The Morgan fingerprint density at radius 3 is 2.07 bits per heavy atom. The van der Waals surface area contributed by atoms with Crippen molar-refractivity contribution in [1.29, 1.82) is 0 Å². The number of rotatable bonds is 8. The molecule has 1 aliphatic rings. The van der Waals surface area contributed by atoms with Crippen molar-refractivity contribution in [3.8, 4) is 0 Å². The van der Waals surface area contributed by atoms with E-state index in [1.54, 1.807) is 0 Å². The van der Waals surface area contributed by atoms with Crippen LogP contribution in [0.4, 0.5) is 0 Å². The van der Waals surface area contributed by atoms with Crippen LogP contribution in [-0.2, 0) is 42.9 Å². The first-order valence-electron chi connectivity index (χ1n) is 8.60. The van der Waals surface area contributed by atoms with E-state index in [9.17, 15) is 19.2 Å². The third-order valence-corrected chi connectivity index (χ3v) is 4.15. The molecule has 0 unspecified atom stereocenters. The Kier molecular flexibility index (Phi) is 10.3. The molecule has 13 heteroatoms. The minimum absolute atomic E-state index is 0.0316. The smallest absolute Gasteiger partial charge is 0.303 e. The van der Waals surface area contributed by atoms with Crippen molar-refractivity contribution < 1.29 is 42.9 Å². The van der Waals surface area contributed by atoms with E-state index in [0.717, 1.165) is 13.8 Å². The number of ether oxygens (including phenoxy) is 5. The van der Waals surface area contributed by atoms with Gasteiger partial charge in [0.15, 0.2) is 18.5 Å². The van der Waals surface area contributed by atoms with E-state index in [-0.39, 0.29) is 13.2 Å². The molecule has 170 valence electrons. The highest BCUT2D eigenvalue weighted by Gasteiger charge is 2.52. The zero-order valence-corrected chi connectivity index (χ0v) is 18.7. The lowest BCUT2D eigenvalue weighted by atomic mass is 9.96. The second-order valence-electron chi connectivity index (χ2n) is 6.11. The molecule has 1 N–H and O–H groups in total. The van der Waals surface area contributed by atoms with Crippen molar-refractivity contribution in [1.82, 2.24) is 5.32 Å². The molecule has 0 aromatic rings. The zero-order valence-electron chi connectivity index (χ0n) is 16.4. The lowest BCUT2D eigenvalue weighted by molar-refractivity contribution is -0.275. The maximum absolute atomic E-state index is 12.3. The lowest BCUT2D eigenvalue weighted by Crippen LogP contribution is -2.67. The Balaban J connectivity index is 3.35. The molecule has 10 nitrogen and oxygen atoms in total. The number of alkyl halides is 3. The predicted molar refractivity (Wildman–Crippen MR) is 105 cm³/mol. The van der Waals surface area contributed by atoms with Crippen LogP contribution in [0.5, 0.6) is 0 Å². The molecule has 1 aliphatic heterocycles. The summed E-state index contributed by atoms with van der Waals surface area (Å²) in [5.41, 5.74) is 0. The van der Waals surface area contributed by atoms with Crippen LogP contribution in [0.2, 0.25) is 0 Å². The highest BCUT2D eigenvalue weighted by atomic mass is 35.6. The first kappa shape index (κ1) is 26.4. The summed E-state index contributed by atoms with van der Waals surface area (Å²) in [5.74, 6) is -3.20. The number of nitrogens with one attached hydrogen (secondary N) is 1. The van der Waals surface area contributed by atoms with Gasteiger partial charge < -0.3 is 29.0 Å². The van der Waals surface area contributed by atoms with Gasteiger partial charge in [-0.05, 0) is 0 Å². The molecule has 30 heavy (non-hydrogen) atoms. The Hall–Kier alpha value is -1.59. The summed E-state index contributed by atoms with van der Waals surface area (Å²) in [6.45, 7) is 6.52. The summed E-state index contributed by atoms with van der Waals surface area (Å²) in [5, 5.41) is 2.37. The predicted octanol–water partition coefficient (Wildman–Crippen LogP) is 1.20. The van der Waals surface area contributed by atoms with Crippen molar-refractivity contribution in [3.05, 3.63) is 12.7 Å². The number of esters is 3. The Morgan fingerprint density at radius 2 is 1.60 bits per heavy atom. The van der Waals surface area contributed by atoms with Gasteiger partial charge in [0, 0.05) is 20.8 Å². The van der Waals surface area contributed by atoms with Crippen LogP contribution in [0.1, 0.15) is 20.8 Å². The van der Waals surface area contributed by atoms with Crippen molar-refractivity contribution in [3.63, 3.8) is 0 Å². The number of hydrogen-bond acceptors (Lipinski definition) is 9. The maximum atomic E-state index is 12.3. The molecule has 0 saturated carbocycles. The number of amides is 1. The molecule has 1 heterocycles. The second-order valence-corrected chi connectivity index (χ2v) is 8.39. The van der Waals surface area contributed by atoms with Crippen LogP contribution >= 0.6 is 34.8 Å². The van der Waals surface area contributed by atoms with Gasteiger partial charge in [-0.2, -0.15) is 0 Å². The molecule has 0 bridgehead atoms. The van der Waals surface area contributed by atoms with E-state index in [1.807, 2.05) is 0 Å².